The molecule has 0 aromatic carbocycles. The smallest absolute Gasteiger partial charge is 0.326 e. The number of rotatable bonds is 8. The maximum Gasteiger partial charge on any atom is 0.326 e. The maximum absolute atomic E-state index is 11.7. The van der Waals surface area contributed by atoms with Crippen LogP contribution in [0, 0.1) is 10.1 Å². The van der Waals surface area contributed by atoms with Crippen molar-refractivity contribution in [3.8, 4) is 0 Å². The summed E-state index contributed by atoms with van der Waals surface area (Å²) in [6, 6.07) is 0.970. The lowest BCUT2D eigenvalue weighted by Gasteiger charge is -2.12. The minimum atomic E-state index is -1.31. The molecule has 1 heterocycles. The van der Waals surface area contributed by atoms with Gasteiger partial charge in [0, 0.05) is 12.5 Å². The van der Waals surface area contributed by atoms with Crippen molar-refractivity contribution < 1.29 is 29.5 Å². The Kier molecular flexibility index (Phi) is 5.40. The van der Waals surface area contributed by atoms with E-state index in [0.29, 0.717) is 0 Å². The molecule has 114 valence electrons. The van der Waals surface area contributed by atoms with Crippen molar-refractivity contribution in [2.45, 2.75) is 25.3 Å². The average molecular weight is 299 g/mol. The zero-order valence-electron chi connectivity index (χ0n) is 10.7. The zero-order chi connectivity index (χ0) is 16.0. The zero-order valence-corrected chi connectivity index (χ0v) is 10.7. The number of carboxylic acids is 2. The number of hydrogen-bond donors (Lipinski definition) is 4. The molecule has 10 nitrogen and oxygen atoms in total. The Morgan fingerprint density at radius 2 is 2.00 bits per heavy atom. The lowest BCUT2D eigenvalue weighted by molar-refractivity contribution is -0.389. The van der Waals surface area contributed by atoms with Gasteiger partial charge in [-0.15, -0.1) is 0 Å². The SMILES string of the molecule is O=C(O)CCC[C@@H](NC(=O)c1ccc([N+](=O)[O-])[nH]1)C(=O)O. The summed E-state index contributed by atoms with van der Waals surface area (Å²) in [5.74, 6) is -3.58. The number of nitrogens with one attached hydrogen (secondary N) is 2. The molecule has 1 atom stereocenters. The van der Waals surface area contributed by atoms with Gasteiger partial charge in [-0.2, -0.15) is 0 Å². The highest BCUT2D eigenvalue weighted by atomic mass is 16.6. The van der Waals surface area contributed by atoms with Crippen LogP contribution >= 0.6 is 0 Å². The van der Waals surface area contributed by atoms with Crippen LogP contribution < -0.4 is 5.32 Å². The monoisotopic (exact) mass is 299 g/mol. The molecule has 0 aliphatic heterocycles. The first-order valence-corrected chi connectivity index (χ1v) is 5.90. The van der Waals surface area contributed by atoms with Gasteiger partial charge in [-0.1, -0.05) is 0 Å². The Morgan fingerprint density at radius 3 is 2.48 bits per heavy atom. The van der Waals surface area contributed by atoms with Gasteiger partial charge in [0.05, 0.1) is 0 Å². The largest absolute Gasteiger partial charge is 0.481 e. The van der Waals surface area contributed by atoms with Crippen LogP contribution in [0.4, 0.5) is 5.82 Å². The van der Waals surface area contributed by atoms with E-state index >= 15 is 0 Å². The van der Waals surface area contributed by atoms with Crippen LogP contribution in [-0.2, 0) is 9.59 Å². The number of carboxylic acid groups (broad SMARTS) is 2. The number of hydrogen-bond acceptors (Lipinski definition) is 5. The fourth-order valence-electron chi connectivity index (χ4n) is 1.57. The fraction of sp³-hybridized carbons (Fsp3) is 0.364. The lowest BCUT2D eigenvalue weighted by Crippen LogP contribution is -2.41. The minimum absolute atomic E-state index is 0.0594. The average Bonchev–Trinajstić information content (AvgIpc) is 2.86. The Labute approximate surface area is 117 Å². The van der Waals surface area contributed by atoms with Crippen molar-refractivity contribution in [1.82, 2.24) is 10.3 Å². The second-order valence-electron chi connectivity index (χ2n) is 4.16. The molecule has 0 aliphatic rings. The highest BCUT2D eigenvalue weighted by Crippen LogP contribution is 2.10. The summed E-state index contributed by atoms with van der Waals surface area (Å²) in [7, 11) is 0. The fourth-order valence-corrected chi connectivity index (χ4v) is 1.57. The first kappa shape index (κ1) is 16.1. The van der Waals surface area contributed by atoms with Crippen LogP contribution in [0.2, 0.25) is 0 Å². The summed E-state index contributed by atoms with van der Waals surface area (Å²) in [6.45, 7) is 0. The summed E-state index contributed by atoms with van der Waals surface area (Å²) in [5.41, 5.74) is -0.147. The highest BCUT2D eigenvalue weighted by molar-refractivity contribution is 5.95. The molecule has 0 spiro atoms. The molecular weight excluding hydrogens is 286 g/mol. The van der Waals surface area contributed by atoms with Crippen LogP contribution in [0.1, 0.15) is 29.8 Å². The molecule has 10 heteroatoms. The van der Waals surface area contributed by atoms with Crippen molar-refractivity contribution in [3.05, 3.63) is 27.9 Å². The van der Waals surface area contributed by atoms with Crippen LogP contribution in [0.25, 0.3) is 0 Å². The van der Waals surface area contributed by atoms with Crippen molar-refractivity contribution >= 4 is 23.7 Å². The number of nitrogens with zero attached hydrogens (tertiary/aromatic N) is 1. The van der Waals surface area contributed by atoms with Gasteiger partial charge in [-0.05, 0) is 23.8 Å². The molecule has 1 aromatic heterocycles. The summed E-state index contributed by atoms with van der Waals surface area (Å²) >= 11 is 0. The van der Waals surface area contributed by atoms with Crippen molar-refractivity contribution in [2.24, 2.45) is 0 Å². The second kappa shape index (κ2) is 7.03. The number of nitro groups is 1. The minimum Gasteiger partial charge on any atom is -0.481 e. The second-order valence-corrected chi connectivity index (χ2v) is 4.16. The molecule has 4 N–H and O–H groups in total. The van der Waals surface area contributed by atoms with Crippen molar-refractivity contribution in [3.63, 3.8) is 0 Å². The number of aromatic amines is 1. The summed E-state index contributed by atoms with van der Waals surface area (Å²) < 4.78 is 0. The number of aliphatic carboxylic acids is 2. The lowest BCUT2D eigenvalue weighted by atomic mass is 10.1. The quantitative estimate of drug-likeness (QED) is 0.397. The topological polar surface area (TPSA) is 163 Å². The van der Waals surface area contributed by atoms with Gasteiger partial charge >= 0.3 is 17.8 Å². The third kappa shape index (κ3) is 4.93. The molecular formula is C11H13N3O7. The normalized spacial score (nSPS) is 11.6. The number of H-pyrrole nitrogens is 1. The molecule has 1 rings (SSSR count). The molecule has 0 saturated heterocycles. The van der Waals surface area contributed by atoms with E-state index in [1.54, 1.807) is 0 Å². The molecule has 0 bridgehead atoms. The number of carbonyl (C=O) groups excluding carboxylic acids is 1. The molecule has 0 radical (unpaired) electrons. The van der Waals surface area contributed by atoms with E-state index in [-0.39, 0.29) is 25.0 Å². The third-order valence-electron chi connectivity index (χ3n) is 2.60. The van der Waals surface area contributed by atoms with E-state index in [0.717, 1.165) is 12.1 Å². The Bertz CT molecular complexity index is 566. The predicted octanol–water partition coefficient (Wildman–Crippen LogP) is 0.361. The first-order chi connectivity index (χ1) is 9.81. The molecule has 1 amide bonds. The van der Waals surface area contributed by atoms with Crippen LogP contribution in [0.15, 0.2) is 12.1 Å². The highest BCUT2D eigenvalue weighted by Gasteiger charge is 2.23. The molecule has 0 saturated carbocycles. The molecule has 0 unspecified atom stereocenters. The van der Waals surface area contributed by atoms with Crippen molar-refractivity contribution in [2.75, 3.05) is 0 Å². The van der Waals surface area contributed by atoms with Crippen LogP contribution in [-0.4, -0.2) is 44.0 Å². The number of amides is 1. The van der Waals surface area contributed by atoms with E-state index in [9.17, 15) is 24.5 Å². The van der Waals surface area contributed by atoms with Gasteiger partial charge < -0.3 is 25.6 Å². The van der Waals surface area contributed by atoms with Crippen LogP contribution in [0.3, 0.4) is 0 Å². The number of carbonyl (C=O) groups is 3. The van der Waals surface area contributed by atoms with E-state index in [1.165, 1.54) is 0 Å². The van der Waals surface area contributed by atoms with Gasteiger partial charge in [0.2, 0.25) is 0 Å². The molecule has 0 fully saturated rings. The standard InChI is InChI=1S/C11H13N3O7/c15-9(16)3-1-2-7(11(18)19)13-10(17)6-4-5-8(12-6)14(20)21/h4-5,7,12H,1-3H2,(H,13,17)(H,15,16)(H,18,19)/t7-/m1/s1. The van der Waals surface area contributed by atoms with Gasteiger partial charge in [0.1, 0.15) is 6.04 Å². The van der Waals surface area contributed by atoms with Gasteiger partial charge in [0.25, 0.3) is 5.91 Å². The molecule has 21 heavy (non-hydrogen) atoms. The van der Waals surface area contributed by atoms with Gasteiger partial charge in [0.15, 0.2) is 5.69 Å². The van der Waals surface area contributed by atoms with E-state index in [4.69, 9.17) is 10.2 Å². The van der Waals surface area contributed by atoms with E-state index in [2.05, 4.69) is 10.3 Å². The summed E-state index contributed by atoms with van der Waals surface area (Å²) in [5, 5.41) is 30.1. The Morgan fingerprint density at radius 1 is 1.33 bits per heavy atom. The predicted molar refractivity (Wildman–Crippen MR) is 67.8 cm³/mol. The maximum atomic E-state index is 11.7. The van der Waals surface area contributed by atoms with Crippen molar-refractivity contribution in [1.29, 1.82) is 0 Å². The Hall–Kier alpha value is -2.91. The van der Waals surface area contributed by atoms with Gasteiger partial charge in [-0.25, -0.2) is 9.78 Å². The van der Waals surface area contributed by atoms with E-state index < -0.39 is 34.6 Å². The summed E-state index contributed by atoms with van der Waals surface area (Å²) in [6.07, 6.45) is -0.193. The Balaban J connectivity index is 2.65. The third-order valence-corrected chi connectivity index (χ3v) is 2.60. The first-order valence-electron chi connectivity index (χ1n) is 5.90. The van der Waals surface area contributed by atoms with Crippen LogP contribution in [0.5, 0.6) is 0 Å². The van der Waals surface area contributed by atoms with E-state index in [1.807, 2.05) is 0 Å². The molecule has 0 aliphatic carbocycles. The molecule has 1 aromatic rings. The van der Waals surface area contributed by atoms with Gasteiger partial charge in [-0.3, -0.25) is 9.59 Å². The number of aromatic nitrogens is 1. The summed E-state index contributed by atoms with van der Waals surface area (Å²) in [4.78, 5) is 45.1.